The van der Waals surface area contributed by atoms with Crippen LogP contribution >= 0.6 is 30.1 Å². The average molecular weight is 172 g/mol. The molecule has 1 unspecified atom stereocenters. The summed E-state index contributed by atoms with van der Waals surface area (Å²) in [6, 6.07) is 0. The normalized spacial score (nSPS) is 10.4. The molecule has 0 aromatic carbocycles. The first-order valence-corrected chi connectivity index (χ1v) is 5.19. The van der Waals surface area contributed by atoms with Crippen LogP contribution in [0.3, 0.4) is 0 Å². The standard InChI is InChI=1S/CH2NO3PS2/c2-1(3)5-8-6(4)7/h(H2-,2,3,4,7)/p+1. The minimum absolute atomic E-state index is 0.438. The molecule has 0 aliphatic rings. The van der Waals surface area contributed by atoms with Crippen molar-refractivity contribution in [1.82, 2.24) is 0 Å². The Kier molecular flexibility index (Phi) is 4.03. The van der Waals surface area contributed by atoms with Gasteiger partial charge in [0.15, 0.2) is 0 Å². The Balaban J connectivity index is 3.18. The van der Waals surface area contributed by atoms with Crippen molar-refractivity contribution < 1.29 is 13.5 Å². The van der Waals surface area contributed by atoms with Gasteiger partial charge in [-0.05, 0) is 4.57 Å². The number of hydrogen-bond acceptors (Lipinski definition) is 4. The maximum Gasteiger partial charge on any atom is 0.523 e. The Labute approximate surface area is 56.0 Å². The monoisotopic (exact) mass is 172 g/mol. The van der Waals surface area contributed by atoms with Crippen LogP contribution in [-0.4, -0.2) is 6.09 Å². The number of primary amides is 1. The Hall–Kier alpha value is 0.0700. The Morgan fingerprint density at radius 2 is 2.38 bits per heavy atom. The molecule has 0 aromatic heterocycles. The molecule has 0 aromatic rings. The van der Waals surface area contributed by atoms with E-state index in [0.29, 0.717) is 11.7 Å². The van der Waals surface area contributed by atoms with Crippen molar-refractivity contribution in [2.75, 3.05) is 0 Å². The van der Waals surface area contributed by atoms with Crippen LogP contribution in [0.5, 0.6) is 0 Å². The zero-order valence-corrected chi connectivity index (χ0v) is 6.21. The predicted octanol–water partition coefficient (Wildman–Crippen LogP) is 1.32. The molecule has 0 aliphatic carbocycles. The molecule has 0 aliphatic heterocycles. The van der Waals surface area contributed by atoms with Gasteiger partial charge in [0.2, 0.25) is 0 Å². The van der Waals surface area contributed by atoms with E-state index in [9.17, 15) is 9.36 Å². The van der Waals surface area contributed by atoms with E-state index in [1.54, 1.807) is 0 Å². The summed E-state index contributed by atoms with van der Waals surface area (Å²) >= 11 is 3.85. The van der Waals surface area contributed by atoms with Gasteiger partial charge in [0, 0.05) is 0 Å². The van der Waals surface area contributed by atoms with E-state index in [4.69, 9.17) is 0 Å². The summed E-state index contributed by atoms with van der Waals surface area (Å²) in [6.45, 7) is 0. The number of nitrogens with two attached hydrogens (primary N) is 1. The molecule has 0 radical (unpaired) electrons. The van der Waals surface area contributed by atoms with Crippen molar-refractivity contribution in [2.24, 2.45) is 5.73 Å². The highest BCUT2D eigenvalue weighted by Gasteiger charge is 2.14. The SMILES string of the molecule is NC(=O)OS[P+](=O)S. The third-order valence-electron chi connectivity index (χ3n) is 0.183. The van der Waals surface area contributed by atoms with Crippen molar-refractivity contribution in [2.45, 2.75) is 0 Å². The smallest absolute Gasteiger partial charge is 0.334 e. The number of carbonyl (C=O) groups is 1. The number of thiol groups is 1. The van der Waals surface area contributed by atoms with E-state index in [1.165, 1.54) is 0 Å². The molecule has 7 heteroatoms. The molecule has 2 N–H and O–H groups in total. The molecule has 4 nitrogen and oxygen atoms in total. The molecule has 0 heterocycles. The lowest BCUT2D eigenvalue weighted by Crippen LogP contribution is -2.07. The van der Waals surface area contributed by atoms with Gasteiger partial charge in [0.25, 0.3) is 0 Å². The van der Waals surface area contributed by atoms with Crippen LogP contribution in [0.15, 0.2) is 0 Å². The predicted molar refractivity (Wildman–Crippen MR) is 34.9 cm³/mol. The van der Waals surface area contributed by atoms with Gasteiger partial charge < -0.3 is 9.92 Å². The zero-order valence-electron chi connectivity index (χ0n) is 3.60. The van der Waals surface area contributed by atoms with Crippen LogP contribution in [0.1, 0.15) is 0 Å². The molecular formula is CH3NO3PS2+. The van der Waals surface area contributed by atoms with E-state index in [0.717, 1.165) is 0 Å². The zero-order chi connectivity index (χ0) is 6.57. The van der Waals surface area contributed by atoms with Gasteiger partial charge >= 0.3 is 24.0 Å². The van der Waals surface area contributed by atoms with Crippen LogP contribution in [0, 0.1) is 0 Å². The lowest BCUT2D eigenvalue weighted by molar-refractivity contribution is 0.219. The third-order valence-corrected chi connectivity index (χ3v) is 1.76. The van der Waals surface area contributed by atoms with Gasteiger partial charge in [-0.3, -0.25) is 0 Å². The van der Waals surface area contributed by atoms with Crippen LogP contribution in [0.4, 0.5) is 4.79 Å². The van der Waals surface area contributed by atoms with E-state index in [-0.39, 0.29) is 0 Å². The minimum atomic E-state index is -1.79. The minimum Gasteiger partial charge on any atom is -0.334 e. The van der Waals surface area contributed by atoms with Crippen molar-refractivity contribution in [3.05, 3.63) is 0 Å². The maximum atomic E-state index is 9.99. The molecule has 46 valence electrons. The quantitative estimate of drug-likeness (QED) is 0.374. The van der Waals surface area contributed by atoms with Gasteiger partial charge in [-0.1, -0.05) is 0 Å². The summed E-state index contributed by atoms with van der Waals surface area (Å²) in [5.74, 6) is 0. The van der Waals surface area contributed by atoms with E-state index < -0.39 is 12.3 Å². The lowest BCUT2D eigenvalue weighted by atomic mass is 11.3. The first-order valence-electron chi connectivity index (χ1n) is 1.43. The Morgan fingerprint density at radius 1 is 1.88 bits per heavy atom. The fourth-order valence-corrected chi connectivity index (χ4v) is 0.918. The average Bonchev–Trinajstić information content (AvgIpc) is 1.61. The highest BCUT2D eigenvalue weighted by molar-refractivity contribution is 8.78. The fraction of sp³-hybridized carbons (Fsp3) is 0. The lowest BCUT2D eigenvalue weighted by Gasteiger charge is -1.80. The largest absolute Gasteiger partial charge is 0.523 e. The molecule has 0 bridgehead atoms. The summed E-state index contributed by atoms with van der Waals surface area (Å²) in [5.41, 5.74) is 4.50. The highest BCUT2D eigenvalue weighted by atomic mass is 33.1. The number of rotatable bonds is 2. The second-order valence-corrected chi connectivity index (χ2v) is 4.85. The van der Waals surface area contributed by atoms with Gasteiger partial charge in [-0.15, -0.1) is 0 Å². The molecule has 1 amide bonds. The van der Waals surface area contributed by atoms with Crippen molar-refractivity contribution in [3.8, 4) is 0 Å². The van der Waals surface area contributed by atoms with Gasteiger partial charge in [0.1, 0.15) is 12.2 Å². The highest BCUT2D eigenvalue weighted by Crippen LogP contribution is 2.42. The molecule has 0 rings (SSSR count). The fourth-order valence-electron chi connectivity index (χ4n) is 0.0686. The number of hydrogen-bond donors (Lipinski definition) is 2. The van der Waals surface area contributed by atoms with Crippen molar-refractivity contribution in [3.63, 3.8) is 0 Å². The summed E-state index contributed by atoms with van der Waals surface area (Å²) in [4.78, 5) is 9.72. The summed E-state index contributed by atoms with van der Waals surface area (Å²) in [7, 11) is 0. The van der Waals surface area contributed by atoms with E-state index in [1.807, 2.05) is 0 Å². The van der Waals surface area contributed by atoms with E-state index >= 15 is 0 Å². The molecule has 0 fully saturated rings. The molecule has 0 saturated carbocycles. The number of carbonyl (C=O) groups excluding carboxylic acids is 1. The van der Waals surface area contributed by atoms with Crippen LogP contribution in [0.2, 0.25) is 0 Å². The van der Waals surface area contributed by atoms with Crippen molar-refractivity contribution >= 4 is 36.2 Å². The molecular weight excluding hydrogens is 169 g/mol. The topological polar surface area (TPSA) is 69.4 Å². The second kappa shape index (κ2) is 4.00. The van der Waals surface area contributed by atoms with Gasteiger partial charge in [0.05, 0.1) is 0 Å². The van der Waals surface area contributed by atoms with Crippen LogP contribution in [-0.2, 0) is 8.75 Å². The summed E-state index contributed by atoms with van der Waals surface area (Å²) in [6.07, 6.45) is -2.76. The summed E-state index contributed by atoms with van der Waals surface area (Å²) in [5, 5.41) is 0. The maximum absolute atomic E-state index is 9.99. The summed E-state index contributed by atoms with van der Waals surface area (Å²) < 4.78 is 14.0. The first kappa shape index (κ1) is 8.07. The molecule has 0 spiro atoms. The third kappa shape index (κ3) is 6.07. The molecule has 0 saturated heterocycles. The molecule has 8 heavy (non-hydrogen) atoms. The first-order chi connectivity index (χ1) is 3.63. The van der Waals surface area contributed by atoms with Gasteiger partial charge in [-0.2, -0.15) is 0 Å². The van der Waals surface area contributed by atoms with Crippen LogP contribution in [0.25, 0.3) is 0 Å². The second-order valence-electron chi connectivity index (χ2n) is 0.715. The van der Waals surface area contributed by atoms with Crippen LogP contribution < -0.4 is 5.73 Å². The Bertz CT molecular complexity index is 102. The van der Waals surface area contributed by atoms with E-state index in [2.05, 4.69) is 22.2 Å². The Morgan fingerprint density at radius 3 is 2.50 bits per heavy atom. The van der Waals surface area contributed by atoms with Gasteiger partial charge in [-0.25, -0.2) is 4.79 Å². The number of amides is 1. The van der Waals surface area contributed by atoms with Crippen molar-refractivity contribution in [1.29, 1.82) is 0 Å². The molecule has 1 atom stereocenters.